The lowest BCUT2D eigenvalue weighted by atomic mass is 10.1. The number of anilines is 1. The number of aromatic amines is 1. The molecular weight excluding hydrogens is 510 g/mol. The zero-order valence-corrected chi connectivity index (χ0v) is 20.9. The number of hydrogen-bond acceptors (Lipinski definition) is 4. The third-order valence-corrected chi connectivity index (χ3v) is 8.27. The number of H-pyrrole nitrogens is 1. The molecular formula is C25H21ClF2N4O3S. The summed E-state index contributed by atoms with van der Waals surface area (Å²) in [7, 11) is -3.97. The summed E-state index contributed by atoms with van der Waals surface area (Å²) in [5, 5.41) is 3.07. The molecule has 7 nitrogen and oxygen atoms in total. The van der Waals surface area contributed by atoms with Crippen molar-refractivity contribution in [1.29, 1.82) is 0 Å². The van der Waals surface area contributed by atoms with E-state index in [9.17, 15) is 22.0 Å². The van der Waals surface area contributed by atoms with Crippen LogP contribution in [0, 0.1) is 6.92 Å². The third kappa shape index (κ3) is 4.00. The quantitative estimate of drug-likeness (QED) is 0.400. The number of benzene rings is 2. The Hall–Kier alpha value is -3.50. The molecule has 11 heteroatoms. The van der Waals surface area contributed by atoms with Gasteiger partial charge in [0.2, 0.25) is 0 Å². The van der Waals surface area contributed by atoms with Crippen molar-refractivity contribution in [1.82, 2.24) is 14.8 Å². The molecule has 3 heterocycles. The highest BCUT2D eigenvalue weighted by Gasteiger charge is 2.34. The first-order valence-electron chi connectivity index (χ1n) is 11.1. The summed E-state index contributed by atoms with van der Waals surface area (Å²) in [5.74, 6) is -2.97. The molecule has 2 aromatic carbocycles. The number of sulfonamides is 1. The van der Waals surface area contributed by atoms with E-state index >= 15 is 0 Å². The van der Waals surface area contributed by atoms with Gasteiger partial charge in [0, 0.05) is 36.4 Å². The molecule has 0 atom stereocenters. The van der Waals surface area contributed by atoms with Crippen LogP contribution in [0.4, 0.5) is 14.6 Å². The molecule has 0 aliphatic carbocycles. The van der Waals surface area contributed by atoms with Crippen LogP contribution >= 0.6 is 11.6 Å². The third-order valence-electron chi connectivity index (χ3n) is 6.15. The number of halogens is 3. The Bertz CT molecular complexity index is 1640. The Kier molecular flexibility index (Phi) is 5.76. The van der Waals surface area contributed by atoms with Crippen LogP contribution < -0.4 is 9.86 Å². The van der Waals surface area contributed by atoms with E-state index in [1.54, 1.807) is 24.3 Å². The van der Waals surface area contributed by atoms with Crippen LogP contribution in [0.2, 0.25) is 5.02 Å². The maximum atomic E-state index is 14.0. The second kappa shape index (κ2) is 8.56. The summed E-state index contributed by atoms with van der Waals surface area (Å²) in [6.45, 7) is 2.58. The van der Waals surface area contributed by atoms with Crippen LogP contribution in [0.1, 0.15) is 23.6 Å². The first-order chi connectivity index (χ1) is 17.0. The Labute approximate surface area is 211 Å². The van der Waals surface area contributed by atoms with Crippen molar-refractivity contribution in [2.24, 2.45) is 0 Å². The minimum absolute atomic E-state index is 0.0406. The van der Waals surface area contributed by atoms with Crippen LogP contribution in [-0.4, -0.2) is 29.7 Å². The molecule has 36 heavy (non-hydrogen) atoms. The van der Waals surface area contributed by atoms with Gasteiger partial charge in [-0.25, -0.2) is 31.2 Å². The smallest absolute Gasteiger partial charge is 0.275 e. The summed E-state index contributed by atoms with van der Waals surface area (Å²) >= 11 is 6.29. The van der Waals surface area contributed by atoms with Gasteiger partial charge in [0.25, 0.3) is 21.5 Å². The highest BCUT2D eigenvalue weighted by Crippen LogP contribution is 2.37. The number of pyridine rings is 1. The minimum atomic E-state index is -3.97. The Balaban J connectivity index is 1.67. The number of rotatable bonds is 4. The van der Waals surface area contributed by atoms with Gasteiger partial charge >= 0.3 is 0 Å². The molecule has 0 saturated carbocycles. The average Bonchev–Trinajstić information content (AvgIpc) is 3.05. The van der Waals surface area contributed by atoms with Gasteiger partial charge in [-0.1, -0.05) is 35.4 Å². The van der Waals surface area contributed by atoms with Crippen LogP contribution in [0.15, 0.2) is 70.5 Å². The van der Waals surface area contributed by atoms with Crippen molar-refractivity contribution in [3.05, 3.63) is 92.9 Å². The van der Waals surface area contributed by atoms with Crippen LogP contribution in [-0.2, 0) is 22.4 Å². The molecule has 2 aromatic heterocycles. The number of alkyl halides is 2. The molecule has 0 amide bonds. The summed E-state index contributed by atoms with van der Waals surface area (Å²) in [4.78, 5) is 17.9. The van der Waals surface area contributed by atoms with Gasteiger partial charge in [-0.15, -0.1) is 0 Å². The van der Waals surface area contributed by atoms with E-state index in [1.165, 1.54) is 34.8 Å². The molecule has 0 spiro atoms. The van der Waals surface area contributed by atoms with E-state index in [0.29, 0.717) is 16.8 Å². The number of aromatic nitrogens is 3. The van der Waals surface area contributed by atoms with E-state index in [2.05, 4.69) is 10.1 Å². The highest BCUT2D eigenvalue weighted by atomic mass is 35.5. The lowest BCUT2D eigenvalue weighted by molar-refractivity contribution is 0.0174. The number of nitrogens with one attached hydrogen (secondary N) is 1. The molecule has 5 rings (SSSR count). The Morgan fingerprint density at radius 1 is 1.11 bits per heavy atom. The summed E-state index contributed by atoms with van der Waals surface area (Å²) in [6.07, 6.45) is 1.54. The van der Waals surface area contributed by atoms with Crippen molar-refractivity contribution < 1.29 is 17.2 Å². The fourth-order valence-corrected chi connectivity index (χ4v) is 5.88. The lowest BCUT2D eigenvalue weighted by Gasteiger charge is -2.23. The zero-order chi connectivity index (χ0) is 25.8. The van der Waals surface area contributed by atoms with Crippen molar-refractivity contribution in [3.8, 4) is 16.9 Å². The predicted octanol–water partition coefficient (Wildman–Crippen LogP) is 5.05. The van der Waals surface area contributed by atoms with Gasteiger partial charge in [0.1, 0.15) is 0 Å². The average molecular weight is 531 g/mol. The molecule has 1 aliphatic rings. The molecule has 0 unspecified atom stereocenters. The SMILES string of the molecule is Cc1ccc(S(=O)(=O)N2CCc3c([nH]n(-c4cc(C(C)(F)F)ccc4Cl)c3=O)-c3cccnc32)cc1. The largest absolute Gasteiger partial charge is 0.290 e. The summed E-state index contributed by atoms with van der Waals surface area (Å²) < 4.78 is 57.3. The number of hydrogen-bond donors (Lipinski definition) is 1. The second-order valence-electron chi connectivity index (χ2n) is 8.68. The fourth-order valence-electron chi connectivity index (χ4n) is 4.23. The maximum Gasteiger partial charge on any atom is 0.275 e. The molecule has 0 saturated heterocycles. The molecule has 4 aromatic rings. The van der Waals surface area contributed by atoms with Crippen molar-refractivity contribution in [2.75, 3.05) is 10.8 Å². The number of fused-ring (bicyclic) bond motifs is 3. The molecule has 0 fully saturated rings. The normalized spacial score (nSPS) is 13.8. The standard InChI is InChI=1S/C25H21ClF2N4O3S/c1-15-5-8-17(9-6-15)36(34,35)31-13-11-19-22(18-4-3-12-29-23(18)31)30-32(24(19)33)21-14-16(25(2,27)28)7-10-20(21)26/h3-10,12,14,30H,11,13H2,1-2H3. The van der Waals surface area contributed by atoms with Gasteiger partial charge in [-0.2, -0.15) is 0 Å². The van der Waals surface area contributed by atoms with E-state index in [-0.39, 0.29) is 40.0 Å². The second-order valence-corrected chi connectivity index (χ2v) is 10.9. The monoisotopic (exact) mass is 530 g/mol. The molecule has 0 bridgehead atoms. The van der Waals surface area contributed by atoms with Gasteiger partial charge in [0.15, 0.2) is 5.82 Å². The predicted molar refractivity (Wildman–Crippen MR) is 134 cm³/mol. The molecule has 0 radical (unpaired) electrons. The lowest BCUT2D eigenvalue weighted by Crippen LogP contribution is -2.34. The Morgan fingerprint density at radius 3 is 2.53 bits per heavy atom. The number of nitrogens with zero attached hydrogens (tertiary/aromatic N) is 3. The first kappa shape index (κ1) is 24.2. The van der Waals surface area contributed by atoms with Gasteiger partial charge in [0.05, 0.1) is 21.3 Å². The molecule has 186 valence electrons. The fraction of sp³-hybridized carbons (Fsp3) is 0.200. The van der Waals surface area contributed by atoms with Crippen molar-refractivity contribution in [3.63, 3.8) is 0 Å². The zero-order valence-electron chi connectivity index (χ0n) is 19.3. The van der Waals surface area contributed by atoms with E-state index in [1.807, 2.05) is 6.92 Å². The van der Waals surface area contributed by atoms with E-state index < -0.39 is 21.5 Å². The summed E-state index contributed by atoms with van der Waals surface area (Å²) in [5.41, 5.74) is 1.24. The highest BCUT2D eigenvalue weighted by molar-refractivity contribution is 7.92. The van der Waals surface area contributed by atoms with Crippen molar-refractivity contribution >= 4 is 27.4 Å². The summed E-state index contributed by atoms with van der Waals surface area (Å²) in [6, 6.07) is 13.5. The van der Waals surface area contributed by atoms with E-state index in [0.717, 1.165) is 23.2 Å². The van der Waals surface area contributed by atoms with E-state index in [4.69, 9.17) is 11.6 Å². The minimum Gasteiger partial charge on any atom is -0.290 e. The number of aryl methyl sites for hydroxylation is 1. The van der Waals surface area contributed by atoms with Gasteiger partial charge in [-0.05, 0) is 49.7 Å². The maximum absolute atomic E-state index is 14.0. The van der Waals surface area contributed by atoms with Gasteiger partial charge < -0.3 is 0 Å². The van der Waals surface area contributed by atoms with Crippen LogP contribution in [0.25, 0.3) is 16.9 Å². The van der Waals surface area contributed by atoms with Crippen molar-refractivity contribution in [2.45, 2.75) is 31.1 Å². The van der Waals surface area contributed by atoms with Crippen LogP contribution in [0.5, 0.6) is 0 Å². The molecule has 1 N–H and O–H groups in total. The Morgan fingerprint density at radius 2 is 1.83 bits per heavy atom. The van der Waals surface area contributed by atoms with Crippen LogP contribution in [0.3, 0.4) is 0 Å². The van der Waals surface area contributed by atoms with Gasteiger partial charge in [-0.3, -0.25) is 9.89 Å². The topological polar surface area (TPSA) is 88.1 Å². The first-order valence-corrected chi connectivity index (χ1v) is 12.9. The molecule has 1 aliphatic heterocycles.